The number of nitrogens with two attached hydrogens (primary N) is 6. The minimum absolute atomic E-state index is 0.0390. The van der Waals surface area contributed by atoms with E-state index in [-0.39, 0.29) is 55.9 Å². The van der Waals surface area contributed by atoms with Crippen LogP contribution in [-0.4, -0.2) is 243 Å². The van der Waals surface area contributed by atoms with Gasteiger partial charge in [-0.2, -0.15) is 0 Å². The molecule has 0 heterocycles. The van der Waals surface area contributed by atoms with Gasteiger partial charge in [0.05, 0.1) is 44.5 Å². The van der Waals surface area contributed by atoms with E-state index in [0.717, 1.165) is 13.8 Å². The molecule has 13 amide bonds. The average Bonchev–Trinajstić information content (AvgIpc) is 0.891. The number of phenols is 1. The van der Waals surface area contributed by atoms with Crippen LogP contribution < -0.4 is 92.9 Å². The first-order valence-electron chi connectivity index (χ1n) is 30.4. The number of benzene rings is 2. The molecule has 0 unspecified atom stereocenters. The van der Waals surface area contributed by atoms with E-state index >= 15 is 0 Å². The standard InChI is InChI=1S/C58H90N18O21/c1-28(80)45(75-52(92)37(21-30-9-4-3-5-10-30)69-49(89)35(17-18-42(61)83)67-47(87)33(60)11-6-7-19-59)56(96)74-40(26-78)54(94)72-41(27-79)55(95)76-46(29(2)81)57(97)73-39(25-77)53(93)70-36(22-31-13-15-32(82)16-14-31)50(90)71-38(23-43(62)84)51(91)68-34(12-8-20-65-58(63)64)48(88)66-24-44(85)86/h3-5,9-10,13-16,28-29,33-41,45-46,77-82H,6-8,11-12,17-27,59-60H2,1-2H3,(H2,61,83)(H2,62,84)(H,66,88)(H,67,87)(H,68,91)(H,69,89)(H,70,93)(H,71,90)(H,72,94)(H,73,97)(H,74,96)(H,75,92)(H,76,95)(H,85,86)(H4,63,64,65)/t28-,29-,33+,34+,35+,36+,37+,38+,39+,40+,41+,45+,46+/m1/s1. The molecule has 13 atom stereocenters. The number of phenolic OH excluding ortho intramolecular Hbond substituents is 1. The zero-order valence-corrected chi connectivity index (χ0v) is 53.3. The van der Waals surface area contributed by atoms with E-state index in [1.54, 1.807) is 30.3 Å². The molecule has 0 fully saturated rings. The van der Waals surface area contributed by atoms with Crippen molar-refractivity contribution in [1.82, 2.24) is 58.5 Å². The first-order chi connectivity index (χ1) is 45.7. The van der Waals surface area contributed by atoms with Crippen molar-refractivity contribution in [2.24, 2.45) is 39.4 Å². The summed E-state index contributed by atoms with van der Waals surface area (Å²) in [6, 6.07) is -6.46. The Morgan fingerprint density at radius 3 is 1.31 bits per heavy atom. The van der Waals surface area contributed by atoms with Gasteiger partial charge in [0.2, 0.25) is 76.8 Å². The van der Waals surface area contributed by atoms with Crippen molar-refractivity contribution < 1.29 is 103 Å². The highest BCUT2D eigenvalue weighted by molar-refractivity contribution is 6.00. The van der Waals surface area contributed by atoms with E-state index in [1.165, 1.54) is 24.3 Å². The Bertz CT molecular complexity index is 3030. The number of amides is 13. The number of hydrogen-bond acceptors (Lipinski definition) is 23. The van der Waals surface area contributed by atoms with Gasteiger partial charge in [0, 0.05) is 25.8 Å². The number of guanidine groups is 1. The fraction of sp³-hybridized carbons (Fsp3) is 0.534. The van der Waals surface area contributed by atoms with Crippen LogP contribution in [0.2, 0.25) is 0 Å². The topological polar surface area (TPSA) is 681 Å². The Hall–Kier alpha value is -10.2. The summed E-state index contributed by atoms with van der Waals surface area (Å²) in [5, 5.41) is 95.7. The minimum Gasteiger partial charge on any atom is -0.508 e. The van der Waals surface area contributed by atoms with Gasteiger partial charge in [-0.1, -0.05) is 48.9 Å². The van der Waals surface area contributed by atoms with Crippen molar-refractivity contribution >= 4 is 88.7 Å². The zero-order chi connectivity index (χ0) is 73.1. The zero-order valence-electron chi connectivity index (χ0n) is 53.3. The molecule has 2 rings (SSSR count). The average molecular weight is 1380 g/mol. The second kappa shape index (κ2) is 43.0. The van der Waals surface area contributed by atoms with Gasteiger partial charge in [0.25, 0.3) is 0 Å². The number of aliphatic imine (C=N–C) groups is 1. The van der Waals surface area contributed by atoms with Crippen LogP contribution >= 0.6 is 0 Å². The summed E-state index contributed by atoms with van der Waals surface area (Å²) >= 11 is 0. The molecular weight excluding hydrogens is 1280 g/mol. The highest BCUT2D eigenvalue weighted by atomic mass is 16.4. The number of carbonyl (C=O) groups excluding carboxylic acids is 13. The molecule has 0 saturated heterocycles. The normalized spacial score (nSPS) is 15.0. The fourth-order valence-electron chi connectivity index (χ4n) is 8.86. The van der Waals surface area contributed by atoms with E-state index in [1.807, 2.05) is 10.6 Å². The SMILES string of the molecule is C[C@@H](O)[C@H](NC(=O)[C@H](CO)NC(=O)[C@H](CO)NC(=O)[C@@H](NC(=O)[C@H](Cc1ccccc1)NC(=O)[C@H](CCC(N)=O)NC(=O)[C@@H](N)CCCCN)[C@@H](C)O)C(=O)N[C@@H](CO)C(=O)N[C@@H](Cc1ccc(O)cc1)C(=O)N[C@@H](CC(N)=O)C(=O)N[C@@H](CCCN=C(N)N)C(=O)NCC(=O)O. The molecule has 0 aliphatic carbocycles. The quantitative estimate of drug-likeness (QED) is 0.0166. The van der Waals surface area contributed by atoms with Crippen molar-refractivity contribution in [3.63, 3.8) is 0 Å². The summed E-state index contributed by atoms with van der Waals surface area (Å²) in [5.74, 6) is -17.2. The number of aromatic hydroxyl groups is 1. The van der Waals surface area contributed by atoms with Crippen LogP contribution in [0.25, 0.3) is 0 Å². The predicted octanol–water partition coefficient (Wildman–Crippen LogP) is -11.4. The van der Waals surface area contributed by atoms with Crippen molar-refractivity contribution in [1.29, 1.82) is 0 Å². The molecule has 30 N–H and O–H groups in total. The van der Waals surface area contributed by atoms with Crippen LogP contribution in [0.4, 0.5) is 0 Å². The van der Waals surface area contributed by atoms with E-state index in [9.17, 15) is 97.8 Å². The molecule has 0 radical (unpaired) electrons. The Balaban J connectivity index is 2.35. The number of nitrogens with one attached hydrogen (secondary N) is 11. The first-order valence-corrected chi connectivity index (χ1v) is 30.4. The molecule has 39 heteroatoms. The predicted molar refractivity (Wildman–Crippen MR) is 340 cm³/mol. The number of carbonyl (C=O) groups is 14. The van der Waals surface area contributed by atoms with Gasteiger partial charge < -0.3 is 129 Å². The fourth-order valence-corrected chi connectivity index (χ4v) is 8.86. The number of aliphatic hydroxyl groups excluding tert-OH is 5. The number of unbranched alkanes of at least 4 members (excludes halogenated alkanes) is 1. The monoisotopic (exact) mass is 1370 g/mol. The summed E-state index contributed by atoms with van der Waals surface area (Å²) in [7, 11) is 0. The van der Waals surface area contributed by atoms with E-state index in [0.29, 0.717) is 24.9 Å². The van der Waals surface area contributed by atoms with Crippen molar-refractivity contribution in [2.75, 3.05) is 39.5 Å². The molecule has 0 spiro atoms. The lowest BCUT2D eigenvalue weighted by atomic mass is 10.0. The molecule has 538 valence electrons. The smallest absolute Gasteiger partial charge is 0.322 e. The Morgan fingerprint density at radius 1 is 0.454 bits per heavy atom. The van der Waals surface area contributed by atoms with E-state index in [4.69, 9.17) is 39.5 Å². The van der Waals surface area contributed by atoms with Gasteiger partial charge >= 0.3 is 5.97 Å². The molecule has 39 nitrogen and oxygen atoms in total. The van der Waals surface area contributed by atoms with Gasteiger partial charge in [-0.05, 0) is 75.8 Å². The highest BCUT2D eigenvalue weighted by Gasteiger charge is 2.38. The largest absolute Gasteiger partial charge is 0.508 e. The van der Waals surface area contributed by atoms with Gasteiger partial charge in [0.15, 0.2) is 5.96 Å². The lowest BCUT2D eigenvalue weighted by Gasteiger charge is -2.28. The van der Waals surface area contributed by atoms with Crippen LogP contribution in [0, 0.1) is 0 Å². The number of aliphatic carboxylic acids is 1. The van der Waals surface area contributed by atoms with Gasteiger partial charge in [-0.25, -0.2) is 0 Å². The number of nitrogens with zero attached hydrogens (tertiary/aromatic N) is 1. The van der Waals surface area contributed by atoms with Crippen LogP contribution in [-0.2, 0) is 80.0 Å². The van der Waals surface area contributed by atoms with Crippen LogP contribution in [0.3, 0.4) is 0 Å². The molecule has 0 aliphatic rings. The van der Waals surface area contributed by atoms with Gasteiger partial charge in [0.1, 0.15) is 72.7 Å². The number of primary amides is 2. The second-order valence-electron chi connectivity index (χ2n) is 22.2. The number of carboxylic acids is 1. The number of aliphatic hydroxyl groups is 5. The van der Waals surface area contributed by atoms with Crippen molar-refractivity contribution in [3.8, 4) is 5.75 Å². The minimum atomic E-state index is -2.10. The van der Waals surface area contributed by atoms with Crippen LogP contribution in [0.5, 0.6) is 5.75 Å². The summed E-state index contributed by atoms with van der Waals surface area (Å²) in [6.07, 6.45) is -4.99. The van der Waals surface area contributed by atoms with E-state index in [2.05, 4.69) is 52.8 Å². The Labute approximate surface area is 555 Å². The molecule has 2 aromatic rings. The summed E-state index contributed by atoms with van der Waals surface area (Å²) in [5.41, 5.74) is 33.7. The summed E-state index contributed by atoms with van der Waals surface area (Å²) in [4.78, 5) is 189. The molecule has 0 bridgehead atoms. The Morgan fingerprint density at radius 2 is 0.856 bits per heavy atom. The maximum absolute atomic E-state index is 14.1. The van der Waals surface area contributed by atoms with Crippen molar-refractivity contribution in [3.05, 3.63) is 65.7 Å². The van der Waals surface area contributed by atoms with Crippen LogP contribution in [0.1, 0.15) is 76.3 Å². The molecule has 0 aromatic heterocycles. The summed E-state index contributed by atoms with van der Waals surface area (Å²) < 4.78 is 0. The lowest BCUT2D eigenvalue weighted by molar-refractivity contribution is -0.139. The third-order valence-corrected chi connectivity index (χ3v) is 14.1. The third kappa shape index (κ3) is 30.8. The van der Waals surface area contributed by atoms with Crippen molar-refractivity contribution in [2.45, 2.75) is 157 Å². The molecular formula is C58H90N18O21. The maximum Gasteiger partial charge on any atom is 0.322 e. The summed E-state index contributed by atoms with van der Waals surface area (Å²) in [6.45, 7) is -2.34. The van der Waals surface area contributed by atoms with Gasteiger partial charge in [-0.3, -0.25) is 72.1 Å². The third-order valence-electron chi connectivity index (χ3n) is 14.1. The first kappa shape index (κ1) is 82.9. The van der Waals surface area contributed by atoms with Gasteiger partial charge in [-0.15, -0.1) is 0 Å². The van der Waals surface area contributed by atoms with E-state index < -0.39 is 207 Å². The number of hydrogen-bond donors (Lipinski definition) is 24. The van der Waals surface area contributed by atoms with Crippen LogP contribution in [0.15, 0.2) is 59.6 Å². The second-order valence-corrected chi connectivity index (χ2v) is 22.2. The molecule has 97 heavy (non-hydrogen) atoms. The number of carboxylic acid groups (broad SMARTS) is 1. The lowest BCUT2D eigenvalue weighted by Crippen LogP contribution is -2.64. The highest BCUT2D eigenvalue weighted by Crippen LogP contribution is 2.14. The molecule has 0 aliphatic heterocycles. The number of rotatable bonds is 45. The Kier molecular flexibility index (Phi) is 36.7. The molecule has 2 aromatic carbocycles. The molecule has 0 saturated carbocycles. The maximum atomic E-state index is 14.1.